The van der Waals surface area contributed by atoms with Crippen molar-refractivity contribution < 1.29 is 18.3 Å². The molecule has 0 saturated heterocycles. The van der Waals surface area contributed by atoms with Gasteiger partial charge in [0.1, 0.15) is 5.82 Å². The Hall–Kier alpha value is -1.33. The summed E-state index contributed by atoms with van der Waals surface area (Å²) in [5, 5.41) is 9.93. The van der Waals surface area contributed by atoms with Gasteiger partial charge in [0.2, 0.25) is 0 Å². The minimum atomic E-state index is -1.10. The highest BCUT2D eigenvalue weighted by atomic mass is 79.9. The summed E-state index contributed by atoms with van der Waals surface area (Å²) in [6.07, 6.45) is -1.12. The fraction of sp³-hybridized carbons (Fsp3) is 0.143. The number of halogens is 4. The van der Waals surface area contributed by atoms with Gasteiger partial charge in [-0.3, -0.25) is 0 Å². The number of rotatable bonds is 3. The zero-order valence-electron chi connectivity index (χ0n) is 9.71. The molecule has 0 saturated carbocycles. The van der Waals surface area contributed by atoms with Crippen LogP contribution in [0.2, 0.25) is 0 Å². The molecule has 1 unspecified atom stereocenters. The predicted octanol–water partition coefficient (Wildman–Crippen LogP) is 4.14. The Bertz CT molecular complexity index is 601. The van der Waals surface area contributed by atoms with Gasteiger partial charge in [0.25, 0.3) is 0 Å². The van der Waals surface area contributed by atoms with E-state index in [1.165, 1.54) is 12.1 Å². The van der Waals surface area contributed by atoms with Gasteiger partial charge in [-0.15, -0.1) is 0 Å². The van der Waals surface area contributed by atoms with Crippen molar-refractivity contribution in [3.05, 3.63) is 69.4 Å². The molecule has 1 N–H and O–H groups in total. The smallest absolute Gasteiger partial charge is 0.159 e. The predicted molar refractivity (Wildman–Crippen MR) is 69.1 cm³/mol. The molecule has 100 valence electrons. The molecule has 5 heteroatoms. The van der Waals surface area contributed by atoms with Crippen LogP contribution in [0.1, 0.15) is 17.2 Å². The van der Waals surface area contributed by atoms with Crippen LogP contribution < -0.4 is 0 Å². The molecule has 0 spiro atoms. The Morgan fingerprint density at radius 2 is 1.63 bits per heavy atom. The van der Waals surface area contributed by atoms with Gasteiger partial charge in [0.05, 0.1) is 6.10 Å². The van der Waals surface area contributed by atoms with Crippen LogP contribution in [-0.4, -0.2) is 5.11 Å². The fourth-order valence-corrected chi connectivity index (χ4v) is 2.15. The van der Waals surface area contributed by atoms with Gasteiger partial charge in [-0.25, -0.2) is 13.2 Å². The molecular formula is C14H10BrF3O. The summed E-state index contributed by atoms with van der Waals surface area (Å²) >= 11 is 3.21. The Morgan fingerprint density at radius 3 is 2.32 bits per heavy atom. The number of hydrogen-bond acceptors (Lipinski definition) is 1. The summed E-state index contributed by atoms with van der Waals surface area (Å²) in [5.74, 6) is -2.47. The molecule has 2 aromatic carbocycles. The van der Waals surface area contributed by atoms with Crippen LogP contribution in [0, 0.1) is 17.5 Å². The van der Waals surface area contributed by atoms with Crippen LogP contribution in [0.5, 0.6) is 0 Å². The van der Waals surface area contributed by atoms with Crippen LogP contribution in [0.25, 0.3) is 0 Å². The third-order valence-corrected chi connectivity index (χ3v) is 3.24. The summed E-state index contributed by atoms with van der Waals surface area (Å²) in [5.41, 5.74) is 0.505. The fourth-order valence-electron chi connectivity index (χ4n) is 1.75. The van der Waals surface area contributed by atoms with Gasteiger partial charge in [-0.05, 0) is 41.5 Å². The molecule has 0 aliphatic carbocycles. The van der Waals surface area contributed by atoms with Crippen LogP contribution in [-0.2, 0) is 6.42 Å². The Morgan fingerprint density at radius 1 is 0.947 bits per heavy atom. The molecule has 1 nitrogen and oxygen atoms in total. The zero-order valence-corrected chi connectivity index (χ0v) is 11.3. The van der Waals surface area contributed by atoms with Gasteiger partial charge in [-0.2, -0.15) is 0 Å². The second-order valence-electron chi connectivity index (χ2n) is 4.13. The van der Waals surface area contributed by atoms with Crippen LogP contribution in [0.3, 0.4) is 0 Å². The summed E-state index contributed by atoms with van der Waals surface area (Å²) < 4.78 is 40.0. The normalized spacial score (nSPS) is 12.5. The van der Waals surface area contributed by atoms with E-state index >= 15 is 0 Å². The van der Waals surface area contributed by atoms with E-state index in [9.17, 15) is 18.3 Å². The lowest BCUT2D eigenvalue weighted by atomic mass is 10.0. The zero-order chi connectivity index (χ0) is 14.0. The monoisotopic (exact) mass is 330 g/mol. The minimum Gasteiger partial charge on any atom is -0.388 e. The molecule has 0 bridgehead atoms. The van der Waals surface area contributed by atoms with E-state index in [4.69, 9.17) is 0 Å². The van der Waals surface area contributed by atoms with E-state index in [-0.39, 0.29) is 12.0 Å². The third kappa shape index (κ3) is 3.36. The topological polar surface area (TPSA) is 20.2 Å². The quantitative estimate of drug-likeness (QED) is 0.896. The van der Waals surface area contributed by atoms with Crippen molar-refractivity contribution in [1.82, 2.24) is 0 Å². The van der Waals surface area contributed by atoms with E-state index < -0.39 is 23.6 Å². The number of hydrogen-bond donors (Lipinski definition) is 1. The highest BCUT2D eigenvalue weighted by Crippen LogP contribution is 2.23. The van der Waals surface area contributed by atoms with E-state index in [1.54, 1.807) is 12.1 Å². The van der Waals surface area contributed by atoms with Crippen molar-refractivity contribution in [2.45, 2.75) is 12.5 Å². The summed E-state index contributed by atoms with van der Waals surface area (Å²) in [4.78, 5) is 0. The van der Waals surface area contributed by atoms with Crippen molar-refractivity contribution in [3.63, 3.8) is 0 Å². The number of aliphatic hydroxyl groups is 1. The largest absolute Gasteiger partial charge is 0.388 e. The van der Waals surface area contributed by atoms with E-state index in [0.717, 1.165) is 12.1 Å². The molecule has 0 aromatic heterocycles. The SMILES string of the molecule is OC(Cc1cc(Br)ccc1F)c1ccc(F)c(F)c1. The maximum Gasteiger partial charge on any atom is 0.159 e. The molecule has 2 aromatic rings. The third-order valence-electron chi connectivity index (χ3n) is 2.75. The average Bonchev–Trinajstić information content (AvgIpc) is 2.37. The number of benzene rings is 2. The maximum absolute atomic E-state index is 13.5. The van der Waals surface area contributed by atoms with Gasteiger partial charge in [-0.1, -0.05) is 22.0 Å². The van der Waals surface area contributed by atoms with Crippen molar-refractivity contribution in [2.24, 2.45) is 0 Å². The lowest BCUT2D eigenvalue weighted by Crippen LogP contribution is -2.04. The van der Waals surface area contributed by atoms with Crippen molar-refractivity contribution in [2.75, 3.05) is 0 Å². The summed E-state index contributed by atoms with van der Waals surface area (Å²) in [6, 6.07) is 7.48. The molecule has 0 aliphatic rings. The van der Waals surface area contributed by atoms with Crippen molar-refractivity contribution in [3.8, 4) is 0 Å². The second kappa shape index (κ2) is 5.75. The molecule has 0 radical (unpaired) electrons. The Kier molecular flexibility index (Phi) is 4.27. The molecule has 0 aliphatic heterocycles. The molecule has 0 fully saturated rings. The van der Waals surface area contributed by atoms with Gasteiger partial charge in [0, 0.05) is 10.9 Å². The van der Waals surface area contributed by atoms with Crippen LogP contribution >= 0.6 is 15.9 Å². The number of aliphatic hydroxyl groups excluding tert-OH is 1. The van der Waals surface area contributed by atoms with Crippen LogP contribution in [0.15, 0.2) is 40.9 Å². The Balaban J connectivity index is 2.22. The van der Waals surface area contributed by atoms with Gasteiger partial charge in [0.15, 0.2) is 11.6 Å². The minimum absolute atomic E-state index is 0.0175. The van der Waals surface area contributed by atoms with Crippen molar-refractivity contribution >= 4 is 15.9 Å². The highest BCUT2D eigenvalue weighted by molar-refractivity contribution is 9.10. The first-order valence-corrected chi connectivity index (χ1v) is 6.33. The van der Waals surface area contributed by atoms with Gasteiger partial charge >= 0.3 is 0 Å². The average molecular weight is 331 g/mol. The first-order valence-electron chi connectivity index (χ1n) is 5.54. The maximum atomic E-state index is 13.5. The van der Waals surface area contributed by atoms with E-state index in [1.807, 2.05) is 0 Å². The summed E-state index contributed by atoms with van der Waals surface area (Å²) in [7, 11) is 0. The Labute approximate surface area is 116 Å². The lowest BCUT2D eigenvalue weighted by Gasteiger charge is -2.12. The molecule has 2 rings (SSSR count). The standard InChI is InChI=1S/C14H10BrF3O/c15-10-2-4-11(16)9(5-10)7-14(19)8-1-3-12(17)13(18)6-8/h1-6,14,19H,7H2. The van der Waals surface area contributed by atoms with Crippen molar-refractivity contribution in [1.29, 1.82) is 0 Å². The van der Waals surface area contributed by atoms with Crippen LogP contribution in [0.4, 0.5) is 13.2 Å². The molecule has 0 amide bonds. The van der Waals surface area contributed by atoms with E-state index in [2.05, 4.69) is 15.9 Å². The molecule has 19 heavy (non-hydrogen) atoms. The molecule has 1 atom stereocenters. The highest BCUT2D eigenvalue weighted by Gasteiger charge is 2.14. The second-order valence-corrected chi connectivity index (χ2v) is 5.04. The van der Waals surface area contributed by atoms with Gasteiger partial charge < -0.3 is 5.11 Å². The van der Waals surface area contributed by atoms with E-state index in [0.29, 0.717) is 10.0 Å². The first-order chi connectivity index (χ1) is 8.97. The lowest BCUT2D eigenvalue weighted by molar-refractivity contribution is 0.176. The first kappa shape index (κ1) is 14.1. The molecule has 0 heterocycles. The summed E-state index contributed by atoms with van der Waals surface area (Å²) in [6.45, 7) is 0. The molecular weight excluding hydrogens is 321 g/mol.